The number of likely N-dealkylation sites (tertiary alicyclic amines) is 1. The van der Waals surface area contributed by atoms with Crippen molar-refractivity contribution in [3.05, 3.63) is 41.8 Å². The third-order valence-electron chi connectivity index (χ3n) is 4.18. The molecule has 4 nitrogen and oxygen atoms in total. The average molecular weight is 298 g/mol. The quantitative estimate of drug-likeness (QED) is 0.848. The third kappa shape index (κ3) is 2.91. The van der Waals surface area contributed by atoms with Crippen LogP contribution in [0.4, 0.5) is 0 Å². The van der Waals surface area contributed by atoms with Crippen molar-refractivity contribution in [2.45, 2.75) is 27.2 Å². The molecule has 1 aliphatic rings. The Morgan fingerprint density at radius 1 is 1.18 bits per heavy atom. The van der Waals surface area contributed by atoms with Crippen LogP contribution in [0.3, 0.4) is 0 Å². The fourth-order valence-corrected chi connectivity index (χ4v) is 3.28. The highest BCUT2D eigenvalue weighted by molar-refractivity contribution is 5.93. The topological polar surface area (TPSA) is 46.3 Å². The predicted octanol–water partition coefficient (Wildman–Crippen LogP) is 3.77. The van der Waals surface area contributed by atoms with Gasteiger partial charge in [0, 0.05) is 18.7 Å². The van der Waals surface area contributed by atoms with Gasteiger partial charge >= 0.3 is 0 Å². The summed E-state index contributed by atoms with van der Waals surface area (Å²) in [6.45, 7) is 7.80. The maximum Gasteiger partial charge on any atom is 0.276 e. The van der Waals surface area contributed by atoms with E-state index < -0.39 is 0 Å². The highest BCUT2D eigenvalue weighted by atomic mass is 16.4. The Morgan fingerprint density at radius 2 is 1.82 bits per heavy atom. The van der Waals surface area contributed by atoms with Crippen LogP contribution in [0.2, 0.25) is 0 Å². The molecule has 0 radical (unpaired) electrons. The Balaban J connectivity index is 1.86. The van der Waals surface area contributed by atoms with Crippen LogP contribution in [-0.2, 0) is 0 Å². The number of oxazole rings is 1. The van der Waals surface area contributed by atoms with E-state index in [1.165, 1.54) is 6.42 Å². The van der Waals surface area contributed by atoms with E-state index >= 15 is 0 Å². The molecule has 0 saturated carbocycles. The van der Waals surface area contributed by atoms with Crippen molar-refractivity contribution in [3.8, 4) is 11.5 Å². The summed E-state index contributed by atoms with van der Waals surface area (Å²) in [6, 6.07) is 9.69. The summed E-state index contributed by atoms with van der Waals surface area (Å²) >= 11 is 0. The van der Waals surface area contributed by atoms with Crippen molar-refractivity contribution in [1.82, 2.24) is 9.88 Å². The van der Waals surface area contributed by atoms with E-state index in [1.54, 1.807) is 0 Å². The van der Waals surface area contributed by atoms with Gasteiger partial charge in [-0.1, -0.05) is 32.0 Å². The molecule has 1 fully saturated rings. The van der Waals surface area contributed by atoms with Crippen LogP contribution in [0, 0.1) is 18.8 Å². The largest absolute Gasteiger partial charge is 0.441 e. The lowest BCUT2D eigenvalue weighted by molar-refractivity contribution is 0.0616. The first-order valence-electron chi connectivity index (χ1n) is 7.86. The van der Waals surface area contributed by atoms with Crippen molar-refractivity contribution in [3.63, 3.8) is 0 Å². The van der Waals surface area contributed by atoms with Gasteiger partial charge in [0.2, 0.25) is 5.89 Å². The van der Waals surface area contributed by atoms with E-state index in [-0.39, 0.29) is 5.91 Å². The molecule has 4 heteroatoms. The molecule has 1 amide bonds. The van der Waals surface area contributed by atoms with Crippen LogP contribution < -0.4 is 0 Å². The van der Waals surface area contributed by atoms with Gasteiger partial charge in [0.05, 0.1) is 0 Å². The smallest absolute Gasteiger partial charge is 0.276 e. The lowest BCUT2D eigenvalue weighted by Gasteiger charge is -2.34. The number of hydrogen-bond acceptors (Lipinski definition) is 3. The average Bonchev–Trinajstić information content (AvgIpc) is 2.88. The molecular formula is C18H22N2O2. The molecule has 2 heterocycles. The van der Waals surface area contributed by atoms with Gasteiger partial charge in [-0.25, -0.2) is 4.98 Å². The molecule has 0 spiro atoms. The minimum absolute atomic E-state index is 0.0122. The second kappa shape index (κ2) is 5.95. The van der Waals surface area contributed by atoms with Crippen LogP contribution in [0.15, 0.2) is 34.7 Å². The first kappa shape index (κ1) is 14.8. The highest BCUT2D eigenvalue weighted by Crippen LogP contribution is 2.25. The Hall–Kier alpha value is -2.10. The molecule has 3 rings (SSSR count). The summed E-state index contributed by atoms with van der Waals surface area (Å²) in [5.41, 5.74) is 1.34. The summed E-state index contributed by atoms with van der Waals surface area (Å²) in [5, 5.41) is 0. The van der Waals surface area contributed by atoms with Gasteiger partial charge in [-0.2, -0.15) is 0 Å². The summed E-state index contributed by atoms with van der Waals surface area (Å²) in [5.74, 6) is 2.16. The van der Waals surface area contributed by atoms with Crippen LogP contribution in [0.25, 0.3) is 11.5 Å². The summed E-state index contributed by atoms with van der Waals surface area (Å²) in [6.07, 6.45) is 1.18. The molecule has 0 bridgehead atoms. The number of amides is 1. The zero-order valence-corrected chi connectivity index (χ0v) is 13.4. The zero-order chi connectivity index (χ0) is 15.7. The number of hydrogen-bond donors (Lipinski definition) is 0. The lowest BCUT2D eigenvalue weighted by Crippen LogP contribution is -2.42. The van der Waals surface area contributed by atoms with Crippen molar-refractivity contribution >= 4 is 5.91 Å². The van der Waals surface area contributed by atoms with E-state index in [4.69, 9.17) is 4.42 Å². The number of carbonyl (C=O) groups excluding carboxylic acids is 1. The molecule has 116 valence electrons. The van der Waals surface area contributed by atoms with Gasteiger partial charge in [0.1, 0.15) is 5.76 Å². The molecule has 2 atom stereocenters. The maximum atomic E-state index is 12.8. The highest BCUT2D eigenvalue weighted by Gasteiger charge is 2.29. The number of nitrogens with zero attached hydrogens (tertiary/aromatic N) is 2. The molecule has 22 heavy (non-hydrogen) atoms. The number of aromatic nitrogens is 1. The number of piperidine rings is 1. The zero-order valence-electron chi connectivity index (χ0n) is 13.4. The first-order chi connectivity index (χ1) is 10.5. The molecule has 1 aliphatic heterocycles. The Labute approximate surface area is 131 Å². The third-order valence-corrected chi connectivity index (χ3v) is 4.18. The molecule has 2 aromatic rings. The predicted molar refractivity (Wildman–Crippen MR) is 85.5 cm³/mol. The fraction of sp³-hybridized carbons (Fsp3) is 0.444. The van der Waals surface area contributed by atoms with E-state index in [0.717, 1.165) is 18.7 Å². The van der Waals surface area contributed by atoms with Gasteiger partial charge in [-0.3, -0.25) is 4.79 Å². The van der Waals surface area contributed by atoms with E-state index in [2.05, 4.69) is 18.8 Å². The van der Waals surface area contributed by atoms with Gasteiger partial charge < -0.3 is 9.32 Å². The Bertz CT molecular complexity index is 653. The first-order valence-corrected chi connectivity index (χ1v) is 7.86. The lowest BCUT2D eigenvalue weighted by atomic mass is 9.92. The van der Waals surface area contributed by atoms with E-state index in [0.29, 0.717) is 29.2 Å². The summed E-state index contributed by atoms with van der Waals surface area (Å²) in [7, 11) is 0. The van der Waals surface area contributed by atoms with Crippen LogP contribution in [-0.4, -0.2) is 28.9 Å². The molecule has 2 unspecified atom stereocenters. The maximum absolute atomic E-state index is 12.8. The molecule has 0 N–H and O–H groups in total. The molecule has 1 aromatic heterocycles. The SMILES string of the molecule is Cc1oc(-c2ccccc2)nc1C(=O)N1CC(C)CC(C)C1. The van der Waals surface area contributed by atoms with Gasteiger partial charge in [-0.15, -0.1) is 0 Å². The van der Waals surface area contributed by atoms with Crippen molar-refractivity contribution < 1.29 is 9.21 Å². The minimum atomic E-state index is -0.0122. The van der Waals surface area contributed by atoms with E-state index in [1.807, 2.05) is 42.2 Å². The number of aryl methyl sites for hydroxylation is 1. The van der Waals surface area contributed by atoms with Crippen molar-refractivity contribution in [2.24, 2.45) is 11.8 Å². The van der Waals surface area contributed by atoms with Crippen LogP contribution in [0.1, 0.15) is 36.5 Å². The van der Waals surface area contributed by atoms with Gasteiger partial charge in [-0.05, 0) is 37.3 Å². The normalized spacial score (nSPS) is 21.9. The van der Waals surface area contributed by atoms with Gasteiger partial charge in [0.15, 0.2) is 5.69 Å². The molecular weight excluding hydrogens is 276 g/mol. The number of rotatable bonds is 2. The second-order valence-corrected chi connectivity index (χ2v) is 6.45. The van der Waals surface area contributed by atoms with E-state index in [9.17, 15) is 4.79 Å². The summed E-state index contributed by atoms with van der Waals surface area (Å²) in [4.78, 5) is 19.1. The second-order valence-electron chi connectivity index (χ2n) is 6.45. The summed E-state index contributed by atoms with van der Waals surface area (Å²) < 4.78 is 5.71. The Kier molecular flexibility index (Phi) is 4.01. The molecule has 0 aliphatic carbocycles. The van der Waals surface area contributed by atoms with Crippen molar-refractivity contribution in [1.29, 1.82) is 0 Å². The van der Waals surface area contributed by atoms with Crippen LogP contribution in [0.5, 0.6) is 0 Å². The molecule has 1 aromatic carbocycles. The van der Waals surface area contributed by atoms with Gasteiger partial charge in [0.25, 0.3) is 5.91 Å². The Morgan fingerprint density at radius 3 is 2.45 bits per heavy atom. The standard InChI is InChI=1S/C18H22N2O2/c1-12-9-13(2)11-20(10-12)18(21)16-14(3)22-17(19-16)15-7-5-4-6-8-15/h4-8,12-13H,9-11H2,1-3H3. The monoisotopic (exact) mass is 298 g/mol. The van der Waals surface area contributed by atoms with Crippen LogP contribution >= 0.6 is 0 Å². The number of carbonyl (C=O) groups is 1. The molecule has 1 saturated heterocycles. The van der Waals surface area contributed by atoms with Crippen molar-refractivity contribution in [2.75, 3.05) is 13.1 Å². The minimum Gasteiger partial charge on any atom is -0.441 e. The number of benzene rings is 1. The fourth-order valence-electron chi connectivity index (χ4n) is 3.28.